The van der Waals surface area contributed by atoms with Crippen LogP contribution >= 0.6 is 0 Å². The molecule has 0 atom stereocenters. The second-order valence-corrected chi connectivity index (χ2v) is 6.68. The fourth-order valence-electron chi connectivity index (χ4n) is 3.74. The Bertz CT molecular complexity index is 1060. The van der Waals surface area contributed by atoms with E-state index in [2.05, 4.69) is 0 Å². The number of benzene rings is 2. The van der Waals surface area contributed by atoms with Gasteiger partial charge < -0.3 is 23.4 Å². The number of aryl methyl sites for hydroxylation is 1. The lowest BCUT2D eigenvalue weighted by atomic mass is 10.1. The normalized spacial score (nSPS) is 12.7. The van der Waals surface area contributed by atoms with E-state index in [9.17, 15) is 4.79 Å². The Kier molecular flexibility index (Phi) is 4.86. The molecule has 2 aromatic carbocycles. The van der Waals surface area contributed by atoms with E-state index in [-0.39, 0.29) is 5.63 Å². The maximum atomic E-state index is 12.2. The summed E-state index contributed by atoms with van der Waals surface area (Å²) in [5.41, 5.74) is 3.13. The molecule has 0 radical (unpaired) electrons. The topological polar surface area (TPSA) is 67.1 Å². The van der Waals surface area contributed by atoms with Gasteiger partial charge in [0.2, 0.25) is 5.75 Å². The standard InChI is InChI=1S/C22H22O6/c1-24-19-9-13(10-20(25-2)21(19)26-3)12-27-14-7-8-16-15-5-4-6-17(15)22(23)28-18(16)11-14/h7-11H,4-6,12H2,1-3H3. The lowest BCUT2D eigenvalue weighted by molar-refractivity contribution is 0.298. The molecule has 0 bridgehead atoms. The molecule has 6 heteroatoms. The van der Waals surface area contributed by atoms with Crippen LogP contribution in [0.25, 0.3) is 11.0 Å². The maximum absolute atomic E-state index is 12.2. The molecule has 0 saturated heterocycles. The molecule has 3 aromatic rings. The van der Waals surface area contributed by atoms with Crippen LogP contribution in [0.3, 0.4) is 0 Å². The zero-order valence-electron chi connectivity index (χ0n) is 16.2. The molecule has 1 aromatic heterocycles. The Balaban J connectivity index is 1.61. The van der Waals surface area contributed by atoms with Crippen LogP contribution in [0, 0.1) is 0 Å². The van der Waals surface area contributed by atoms with Crippen molar-refractivity contribution in [2.24, 2.45) is 0 Å². The van der Waals surface area contributed by atoms with Crippen molar-refractivity contribution in [3.8, 4) is 23.0 Å². The largest absolute Gasteiger partial charge is 0.493 e. The zero-order chi connectivity index (χ0) is 19.7. The molecule has 6 nitrogen and oxygen atoms in total. The molecule has 1 aliphatic rings. The Labute approximate surface area is 162 Å². The second-order valence-electron chi connectivity index (χ2n) is 6.68. The van der Waals surface area contributed by atoms with Crippen LogP contribution in [0.5, 0.6) is 23.0 Å². The fraction of sp³-hybridized carbons (Fsp3) is 0.318. The lowest BCUT2D eigenvalue weighted by Crippen LogP contribution is -2.07. The van der Waals surface area contributed by atoms with Gasteiger partial charge in [-0.3, -0.25) is 0 Å². The molecule has 0 spiro atoms. The second kappa shape index (κ2) is 7.46. The molecule has 28 heavy (non-hydrogen) atoms. The first-order valence-corrected chi connectivity index (χ1v) is 9.15. The maximum Gasteiger partial charge on any atom is 0.339 e. The van der Waals surface area contributed by atoms with Gasteiger partial charge in [-0.05, 0) is 54.7 Å². The zero-order valence-corrected chi connectivity index (χ0v) is 16.2. The molecular formula is C22H22O6. The van der Waals surface area contributed by atoms with Crippen molar-refractivity contribution in [1.29, 1.82) is 0 Å². The first-order chi connectivity index (χ1) is 13.6. The van der Waals surface area contributed by atoms with E-state index >= 15 is 0 Å². The van der Waals surface area contributed by atoms with Crippen molar-refractivity contribution in [2.45, 2.75) is 25.9 Å². The summed E-state index contributed by atoms with van der Waals surface area (Å²) in [5.74, 6) is 2.30. The third-order valence-corrected chi connectivity index (χ3v) is 5.08. The van der Waals surface area contributed by atoms with Crippen molar-refractivity contribution in [3.05, 3.63) is 57.4 Å². The summed E-state index contributed by atoms with van der Waals surface area (Å²) < 4.78 is 27.5. The first-order valence-electron chi connectivity index (χ1n) is 9.15. The molecule has 0 saturated carbocycles. The predicted octanol–water partition coefficient (Wildman–Crippen LogP) is 3.89. The molecule has 1 aliphatic carbocycles. The number of hydrogen-bond acceptors (Lipinski definition) is 6. The lowest BCUT2D eigenvalue weighted by Gasteiger charge is -2.14. The predicted molar refractivity (Wildman–Crippen MR) is 105 cm³/mol. The van der Waals surface area contributed by atoms with Crippen LogP contribution in [0.4, 0.5) is 0 Å². The molecule has 0 aliphatic heterocycles. The Morgan fingerprint density at radius 2 is 1.64 bits per heavy atom. The summed E-state index contributed by atoms with van der Waals surface area (Å²) in [4.78, 5) is 12.2. The van der Waals surface area contributed by atoms with E-state index in [0.717, 1.165) is 41.3 Å². The van der Waals surface area contributed by atoms with Crippen LogP contribution in [-0.2, 0) is 19.4 Å². The summed E-state index contributed by atoms with van der Waals surface area (Å²) >= 11 is 0. The van der Waals surface area contributed by atoms with Gasteiger partial charge in [0.1, 0.15) is 17.9 Å². The van der Waals surface area contributed by atoms with Crippen LogP contribution < -0.4 is 24.6 Å². The number of hydrogen-bond donors (Lipinski definition) is 0. The van der Waals surface area contributed by atoms with E-state index in [1.54, 1.807) is 27.4 Å². The molecular weight excluding hydrogens is 360 g/mol. The van der Waals surface area contributed by atoms with E-state index in [1.807, 2.05) is 24.3 Å². The van der Waals surface area contributed by atoms with Gasteiger partial charge in [0.15, 0.2) is 11.5 Å². The number of ether oxygens (including phenoxy) is 4. The highest BCUT2D eigenvalue weighted by atomic mass is 16.5. The molecule has 146 valence electrons. The highest BCUT2D eigenvalue weighted by molar-refractivity contribution is 5.83. The summed E-state index contributed by atoms with van der Waals surface area (Å²) in [6, 6.07) is 9.32. The molecule has 1 heterocycles. The summed E-state index contributed by atoms with van der Waals surface area (Å²) in [6.45, 7) is 0.303. The molecule has 0 N–H and O–H groups in total. The third kappa shape index (κ3) is 3.15. The van der Waals surface area contributed by atoms with Gasteiger partial charge in [0, 0.05) is 17.0 Å². The monoisotopic (exact) mass is 382 g/mol. The van der Waals surface area contributed by atoms with Crippen LogP contribution in [0.2, 0.25) is 0 Å². The van der Waals surface area contributed by atoms with Crippen LogP contribution in [-0.4, -0.2) is 21.3 Å². The Hall–Kier alpha value is -3.15. The smallest absolute Gasteiger partial charge is 0.339 e. The van der Waals surface area contributed by atoms with Crippen molar-refractivity contribution in [1.82, 2.24) is 0 Å². The van der Waals surface area contributed by atoms with E-state index in [0.29, 0.717) is 35.2 Å². The van der Waals surface area contributed by atoms with Crippen LogP contribution in [0.1, 0.15) is 23.1 Å². The van der Waals surface area contributed by atoms with Gasteiger partial charge in [0.05, 0.1) is 21.3 Å². The highest BCUT2D eigenvalue weighted by Crippen LogP contribution is 2.38. The highest BCUT2D eigenvalue weighted by Gasteiger charge is 2.20. The minimum atomic E-state index is -0.234. The van der Waals surface area contributed by atoms with Gasteiger partial charge in [-0.1, -0.05) is 0 Å². The number of fused-ring (bicyclic) bond motifs is 3. The molecule has 0 unspecified atom stereocenters. The number of rotatable bonds is 6. The molecule has 0 amide bonds. The minimum absolute atomic E-state index is 0.234. The van der Waals surface area contributed by atoms with E-state index < -0.39 is 0 Å². The molecule has 4 rings (SSSR count). The van der Waals surface area contributed by atoms with Gasteiger partial charge in [-0.25, -0.2) is 4.79 Å². The Morgan fingerprint density at radius 1 is 0.929 bits per heavy atom. The van der Waals surface area contributed by atoms with Gasteiger partial charge in [-0.15, -0.1) is 0 Å². The van der Waals surface area contributed by atoms with Crippen LogP contribution in [0.15, 0.2) is 39.5 Å². The van der Waals surface area contributed by atoms with E-state index in [4.69, 9.17) is 23.4 Å². The molecule has 0 fully saturated rings. The van der Waals surface area contributed by atoms with Gasteiger partial charge >= 0.3 is 5.63 Å². The third-order valence-electron chi connectivity index (χ3n) is 5.08. The van der Waals surface area contributed by atoms with Crippen molar-refractivity contribution < 1.29 is 23.4 Å². The van der Waals surface area contributed by atoms with Crippen molar-refractivity contribution >= 4 is 11.0 Å². The Morgan fingerprint density at radius 3 is 2.32 bits per heavy atom. The van der Waals surface area contributed by atoms with Crippen molar-refractivity contribution in [3.63, 3.8) is 0 Å². The fourth-order valence-corrected chi connectivity index (χ4v) is 3.74. The van der Waals surface area contributed by atoms with Crippen molar-refractivity contribution in [2.75, 3.05) is 21.3 Å². The minimum Gasteiger partial charge on any atom is -0.493 e. The number of methoxy groups -OCH3 is 3. The van der Waals surface area contributed by atoms with Gasteiger partial charge in [-0.2, -0.15) is 0 Å². The summed E-state index contributed by atoms with van der Waals surface area (Å²) in [5, 5.41) is 0.993. The average molecular weight is 382 g/mol. The first kappa shape index (κ1) is 18.2. The average Bonchev–Trinajstić information content (AvgIpc) is 3.22. The SMILES string of the molecule is COc1cc(COc2ccc3c4c(c(=O)oc3c2)CCC4)cc(OC)c1OC. The van der Waals surface area contributed by atoms with Gasteiger partial charge in [0.25, 0.3) is 0 Å². The quantitative estimate of drug-likeness (QED) is 0.603. The summed E-state index contributed by atoms with van der Waals surface area (Å²) in [6.07, 6.45) is 2.72. The summed E-state index contributed by atoms with van der Waals surface area (Å²) in [7, 11) is 4.72. The van der Waals surface area contributed by atoms with E-state index in [1.165, 1.54) is 0 Å².